The molecule has 12 nitrogen and oxygen atoms in total. The van der Waals surface area contributed by atoms with Crippen LogP contribution in [0.1, 0.15) is 72.5 Å². The molecule has 1 aromatic carbocycles. The van der Waals surface area contributed by atoms with Gasteiger partial charge in [0.1, 0.15) is 17.1 Å². The molecule has 1 aromatic heterocycles. The smallest absolute Gasteiger partial charge is 0.255 e. The Hall–Kier alpha value is -3.78. The summed E-state index contributed by atoms with van der Waals surface area (Å²) in [6.45, 7) is 1.71. The van der Waals surface area contributed by atoms with Crippen molar-refractivity contribution < 1.29 is 39.9 Å². The van der Waals surface area contributed by atoms with Gasteiger partial charge in [-0.3, -0.25) is 19.3 Å². The van der Waals surface area contributed by atoms with Crippen LogP contribution in [0, 0.1) is 35.5 Å². The minimum absolute atomic E-state index is 0.140. The van der Waals surface area contributed by atoms with Gasteiger partial charge in [-0.2, -0.15) is 0 Å². The quantitative estimate of drug-likeness (QED) is 0.180. The number of carbonyl (C=O) groups excluding carboxylic acids is 3. The summed E-state index contributed by atoms with van der Waals surface area (Å²) in [5.41, 5.74) is 2.65. The zero-order valence-electron chi connectivity index (χ0n) is 26.9. The molecule has 0 aliphatic heterocycles. The molecule has 8 N–H and O–H groups in total. The number of nitrogens with zero attached hydrogens (tertiary/aromatic N) is 2. The Balaban J connectivity index is 1.16. The van der Waals surface area contributed by atoms with Gasteiger partial charge in [-0.05, 0) is 87.4 Å². The van der Waals surface area contributed by atoms with Gasteiger partial charge >= 0.3 is 0 Å². The fourth-order valence-electron chi connectivity index (χ4n) is 10.7. The molecular weight excluding hydrogens is 636 g/mol. The molecule has 7 aliphatic carbocycles. The first-order valence-corrected chi connectivity index (χ1v) is 17.5. The van der Waals surface area contributed by atoms with E-state index in [9.17, 15) is 39.9 Å². The number of hydrogen-bond acceptors (Lipinski definition) is 12. The van der Waals surface area contributed by atoms with Gasteiger partial charge in [-0.25, -0.2) is 4.98 Å². The molecule has 1 amide bonds. The lowest BCUT2D eigenvalue weighted by atomic mass is 9.51. The van der Waals surface area contributed by atoms with Crippen molar-refractivity contribution in [3.05, 3.63) is 57.0 Å². The highest BCUT2D eigenvalue weighted by Gasteiger charge is 2.67. The van der Waals surface area contributed by atoms with Crippen molar-refractivity contribution in [2.45, 2.75) is 68.6 Å². The Morgan fingerprint density at radius 2 is 1.69 bits per heavy atom. The van der Waals surface area contributed by atoms with E-state index < -0.39 is 81.4 Å². The van der Waals surface area contributed by atoms with E-state index in [1.807, 2.05) is 0 Å². The van der Waals surface area contributed by atoms with Crippen LogP contribution in [0.2, 0.25) is 0 Å². The molecule has 4 bridgehead atoms. The summed E-state index contributed by atoms with van der Waals surface area (Å²) >= 11 is 1.43. The van der Waals surface area contributed by atoms with E-state index in [4.69, 9.17) is 10.7 Å². The van der Waals surface area contributed by atoms with Gasteiger partial charge in [0, 0.05) is 22.8 Å². The minimum Gasteiger partial charge on any atom is -0.510 e. The molecule has 6 atom stereocenters. The van der Waals surface area contributed by atoms with Crippen LogP contribution in [0.4, 0.5) is 10.8 Å². The zero-order valence-corrected chi connectivity index (χ0v) is 27.7. The molecule has 2 aromatic rings. The molecule has 0 unspecified atom stereocenters. The summed E-state index contributed by atoms with van der Waals surface area (Å²) < 4.78 is 0. The molecule has 9 rings (SSSR count). The van der Waals surface area contributed by atoms with Gasteiger partial charge in [0.05, 0.1) is 35.0 Å². The highest BCUT2D eigenvalue weighted by Crippen LogP contribution is 2.60. The van der Waals surface area contributed by atoms with Crippen LogP contribution in [0.5, 0.6) is 5.75 Å². The van der Waals surface area contributed by atoms with Crippen LogP contribution >= 0.6 is 11.3 Å². The number of carbonyl (C=O) groups is 3. The first-order valence-electron chi connectivity index (χ1n) is 16.6. The van der Waals surface area contributed by atoms with Crippen molar-refractivity contribution in [3.8, 4) is 5.75 Å². The van der Waals surface area contributed by atoms with Crippen molar-refractivity contribution in [1.29, 1.82) is 0 Å². The molecule has 0 spiro atoms. The van der Waals surface area contributed by atoms with Crippen molar-refractivity contribution in [2.75, 3.05) is 19.4 Å². The first kappa shape index (κ1) is 31.5. The van der Waals surface area contributed by atoms with Gasteiger partial charge in [-0.15, -0.1) is 11.3 Å². The molecule has 254 valence electrons. The monoisotopic (exact) mass is 676 g/mol. The Labute approximate surface area is 281 Å². The number of hydrogen-bond donors (Lipinski definition) is 7. The lowest BCUT2D eigenvalue weighted by Crippen LogP contribution is -2.68. The summed E-state index contributed by atoms with van der Waals surface area (Å²) in [5, 5.41) is 63.7. The van der Waals surface area contributed by atoms with Crippen LogP contribution < -0.4 is 11.1 Å². The summed E-state index contributed by atoms with van der Waals surface area (Å²) in [6.07, 6.45) is 4.79. The van der Waals surface area contributed by atoms with Crippen molar-refractivity contribution in [2.24, 2.45) is 41.2 Å². The van der Waals surface area contributed by atoms with Gasteiger partial charge in [0.25, 0.3) is 5.91 Å². The molecule has 48 heavy (non-hydrogen) atoms. The Bertz CT molecular complexity index is 1820. The number of aliphatic hydroxyl groups excluding tert-OH is 3. The predicted molar refractivity (Wildman–Crippen MR) is 175 cm³/mol. The number of thiazole rings is 1. The largest absolute Gasteiger partial charge is 0.510 e. The number of ketones is 2. The second kappa shape index (κ2) is 10.6. The summed E-state index contributed by atoms with van der Waals surface area (Å²) in [6, 6.07) is 2.01. The van der Waals surface area contributed by atoms with E-state index in [0.29, 0.717) is 28.4 Å². The third kappa shape index (κ3) is 4.10. The highest BCUT2D eigenvalue weighted by atomic mass is 32.1. The number of likely N-dealkylation sites (N-methyl/N-ethyl adjacent to an activating group) is 1. The van der Waals surface area contributed by atoms with Gasteiger partial charge in [0.15, 0.2) is 22.3 Å². The van der Waals surface area contributed by atoms with Crippen LogP contribution in [-0.2, 0) is 9.59 Å². The molecule has 0 saturated heterocycles. The fraction of sp³-hybridized carbons (Fsp3) is 0.543. The molecule has 0 radical (unpaired) electrons. The van der Waals surface area contributed by atoms with E-state index >= 15 is 0 Å². The van der Waals surface area contributed by atoms with E-state index in [2.05, 4.69) is 10.7 Å². The second-order valence-electron chi connectivity index (χ2n) is 15.1. The lowest BCUT2D eigenvalue weighted by Gasteiger charge is -2.54. The molecule has 1 heterocycles. The summed E-state index contributed by atoms with van der Waals surface area (Å²) in [7, 11) is 3.01. The Morgan fingerprint density at radius 1 is 1.04 bits per heavy atom. The predicted octanol–water partition coefficient (Wildman–Crippen LogP) is 3.39. The van der Waals surface area contributed by atoms with Crippen LogP contribution in [-0.4, -0.2) is 84.7 Å². The minimum atomic E-state index is -2.95. The topological polar surface area (TPSA) is 207 Å². The standard InChI is InChI=1S/C35H40N4O8S/c1-12-17-4-5-18(37-34-38-19(11-48-34)21-15-7-13-6-14(9-15)10-16(21)8-13)27(40)22(17)28(41)23-20(12)29(42)25-26(39(2)3)30(43)24(33(36)46)32(45)35(25,47)31(23)44/h4-5,11-16,20-21,25-26,29,40,42-44,47H,6-10H2,1-3H3,(H2,36,46)(H,37,38)/t12-,13?,14?,15?,16?,20+,21?,25+,26-,29-,35-/m0/s1. The summed E-state index contributed by atoms with van der Waals surface area (Å²) in [4.78, 5) is 46.5. The molecule has 13 heteroatoms. The fourth-order valence-corrected chi connectivity index (χ4v) is 11.5. The van der Waals surface area contributed by atoms with Gasteiger partial charge < -0.3 is 36.6 Å². The number of anilines is 2. The average molecular weight is 677 g/mol. The molecule has 7 aliphatic rings. The molecule has 4 saturated carbocycles. The average Bonchev–Trinajstić information content (AvgIpc) is 3.47. The Kier molecular flexibility index (Phi) is 6.96. The maximum Gasteiger partial charge on any atom is 0.255 e. The number of phenols is 1. The zero-order chi connectivity index (χ0) is 34.1. The number of aromatic hydroxyl groups is 1. The van der Waals surface area contributed by atoms with Crippen LogP contribution in [0.15, 0.2) is 40.2 Å². The normalized spacial score (nSPS) is 38.3. The Morgan fingerprint density at radius 3 is 2.29 bits per heavy atom. The number of nitrogens with two attached hydrogens (primary N) is 1. The SMILES string of the molecule is C[C@H]1c2ccc(Nc3nc(C4C5CC6CC(C5)CC4C6)cs3)c(O)c2C(=O)C2=C(O)[C@]3(O)C(=O)C(C(N)=O)=C(O)[C@@H](N(C)C)[C@@H]3[C@@H](O)[C@@H]21. The highest BCUT2D eigenvalue weighted by molar-refractivity contribution is 7.13. The number of benzene rings is 1. The lowest BCUT2D eigenvalue weighted by molar-refractivity contribution is -0.162. The third-order valence-corrected chi connectivity index (χ3v) is 13.2. The molecular formula is C35H40N4O8S. The second-order valence-corrected chi connectivity index (χ2v) is 16.0. The van der Waals surface area contributed by atoms with Gasteiger partial charge in [0.2, 0.25) is 5.78 Å². The number of nitrogens with one attached hydrogen (secondary N) is 1. The first-order chi connectivity index (χ1) is 22.7. The van der Waals surface area contributed by atoms with Gasteiger partial charge in [-0.1, -0.05) is 13.0 Å². The van der Waals surface area contributed by atoms with E-state index in [1.165, 1.54) is 62.4 Å². The van der Waals surface area contributed by atoms with E-state index in [0.717, 1.165) is 17.5 Å². The van der Waals surface area contributed by atoms with Crippen molar-refractivity contribution in [1.82, 2.24) is 9.88 Å². The van der Waals surface area contributed by atoms with Crippen molar-refractivity contribution >= 4 is 39.6 Å². The number of primary amides is 1. The van der Waals surface area contributed by atoms with E-state index in [-0.39, 0.29) is 11.3 Å². The van der Waals surface area contributed by atoms with Crippen LogP contribution in [0.3, 0.4) is 0 Å². The maximum atomic E-state index is 14.2. The maximum absolute atomic E-state index is 14.2. The number of phenolic OH excluding ortho intramolecular Hbond substituents is 1. The van der Waals surface area contributed by atoms with Crippen molar-refractivity contribution in [3.63, 3.8) is 0 Å². The number of aliphatic hydroxyl groups is 4. The number of amides is 1. The molecule has 4 fully saturated rings. The summed E-state index contributed by atoms with van der Waals surface area (Å²) in [5.74, 6) is -5.71. The third-order valence-electron chi connectivity index (χ3n) is 12.5. The number of Topliss-reactive ketones (excluding diaryl/α,β-unsaturated/α-hetero) is 2. The van der Waals surface area contributed by atoms with E-state index in [1.54, 1.807) is 19.1 Å². The van der Waals surface area contributed by atoms with Crippen LogP contribution in [0.25, 0.3) is 0 Å². The number of rotatable bonds is 5. The number of fused-ring (bicyclic) bond motifs is 3. The number of aromatic nitrogens is 1.